The quantitative estimate of drug-likeness (QED) is 0.923. The van der Waals surface area contributed by atoms with E-state index in [0.717, 1.165) is 0 Å². The van der Waals surface area contributed by atoms with Gasteiger partial charge >= 0.3 is 6.09 Å². The number of amides is 1. The normalized spacial score (nSPS) is 12.8. The summed E-state index contributed by atoms with van der Waals surface area (Å²) in [7, 11) is 0. The minimum Gasteiger partial charge on any atom is -0.444 e. The average molecular weight is 290 g/mol. The summed E-state index contributed by atoms with van der Waals surface area (Å²) < 4.78 is 6.69. The van der Waals surface area contributed by atoms with Crippen LogP contribution in [0, 0.1) is 0 Å². The molecule has 2 heterocycles. The molecule has 1 amide bonds. The number of alkyl carbamates (subject to hydrolysis) is 1. The number of carbonyl (C=O) groups is 1. The molecule has 21 heavy (non-hydrogen) atoms. The van der Waals surface area contributed by atoms with Crippen molar-refractivity contribution in [2.45, 2.75) is 39.3 Å². The molecule has 0 aromatic carbocycles. The van der Waals surface area contributed by atoms with Crippen LogP contribution in [0.5, 0.6) is 0 Å². The van der Waals surface area contributed by atoms with Crippen LogP contribution in [0.3, 0.4) is 0 Å². The Morgan fingerprint density at radius 1 is 1.29 bits per heavy atom. The summed E-state index contributed by atoms with van der Waals surface area (Å²) in [6.45, 7) is 7.19. The Balaban J connectivity index is 2.13. The van der Waals surface area contributed by atoms with Crippen LogP contribution in [0.2, 0.25) is 0 Å². The Kier molecular flexibility index (Phi) is 4.15. The van der Waals surface area contributed by atoms with Gasteiger partial charge in [-0.1, -0.05) is 0 Å². The van der Waals surface area contributed by atoms with Gasteiger partial charge in [-0.25, -0.2) is 19.7 Å². The van der Waals surface area contributed by atoms with E-state index < -0.39 is 17.7 Å². The topological polar surface area (TPSA) is 94.8 Å². The SMILES string of the molecule is C[C@H](NC(=O)OC(C)(C)C)c1ncnn1-c1ncccn1. The monoisotopic (exact) mass is 290 g/mol. The molecule has 0 unspecified atom stereocenters. The third-order valence-electron chi connectivity index (χ3n) is 2.44. The van der Waals surface area contributed by atoms with Crippen molar-refractivity contribution in [3.63, 3.8) is 0 Å². The van der Waals surface area contributed by atoms with Crippen molar-refractivity contribution in [2.75, 3.05) is 0 Å². The zero-order chi connectivity index (χ0) is 15.5. The summed E-state index contributed by atoms with van der Waals surface area (Å²) in [6, 6.07) is 1.31. The average Bonchev–Trinajstić information content (AvgIpc) is 2.86. The van der Waals surface area contributed by atoms with Crippen molar-refractivity contribution in [1.82, 2.24) is 30.0 Å². The first-order valence-corrected chi connectivity index (χ1v) is 6.53. The highest BCUT2D eigenvalue weighted by Gasteiger charge is 2.21. The van der Waals surface area contributed by atoms with Gasteiger partial charge in [0.05, 0.1) is 6.04 Å². The van der Waals surface area contributed by atoms with E-state index in [-0.39, 0.29) is 0 Å². The zero-order valence-corrected chi connectivity index (χ0v) is 12.4. The second kappa shape index (κ2) is 5.86. The molecule has 0 spiro atoms. The van der Waals surface area contributed by atoms with Crippen molar-refractivity contribution in [2.24, 2.45) is 0 Å². The largest absolute Gasteiger partial charge is 0.444 e. The van der Waals surface area contributed by atoms with E-state index >= 15 is 0 Å². The fraction of sp³-hybridized carbons (Fsp3) is 0.462. The van der Waals surface area contributed by atoms with Crippen LogP contribution in [0.25, 0.3) is 5.95 Å². The summed E-state index contributed by atoms with van der Waals surface area (Å²) in [5.41, 5.74) is -0.556. The van der Waals surface area contributed by atoms with Gasteiger partial charge in [0.15, 0.2) is 5.82 Å². The maximum atomic E-state index is 11.8. The standard InChI is InChI=1S/C13H18N6O2/c1-9(18-12(20)21-13(2,3)4)10-16-8-17-19(10)11-14-6-5-7-15-11/h5-9H,1-4H3,(H,18,20)/t9-/m0/s1. The Hall–Kier alpha value is -2.51. The molecule has 112 valence electrons. The number of hydrogen-bond acceptors (Lipinski definition) is 6. The van der Waals surface area contributed by atoms with Gasteiger partial charge in [0, 0.05) is 12.4 Å². The van der Waals surface area contributed by atoms with Crippen LogP contribution in [0.1, 0.15) is 39.6 Å². The van der Waals surface area contributed by atoms with Gasteiger partial charge < -0.3 is 10.1 Å². The maximum Gasteiger partial charge on any atom is 0.408 e. The highest BCUT2D eigenvalue weighted by Crippen LogP contribution is 2.13. The highest BCUT2D eigenvalue weighted by atomic mass is 16.6. The third-order valence-corrected chi connectivity index (χ3v) is 2.44. The van der Waals surface area contributed by atoms with Crippen LogP contribution in [0.4, 0.5) is 4.79 Å². The molecule has 2 rings (SSSR count). The molecule has 8 heteroatoms. The van der Waals surface area contributed by atoms with Crippen LogP contribution < -0.4 is 5.32 Å². The van der Waals surface area contributed by atoms with Crippen molar-refractivity contribution in [3.05, 3.63) is 30.6 Å². The number of nitrogens with zero attached hydrogens (tertiary/aromatic N) is 5. The molecular formula is C13H18N6O2. The Morgan fingerprint density at radius 2 is 1.95 bits per heavy atom. The van der Waals surface area contributed by atoms with E-state index in [1.54, 1.807) is 46.2 Å². The van der Waals surface area contributed by atoms with Gasteiger partial charge in [-0.05, 0) is 33.8 Å². The molecule has 0 radical (unpaired) electrons. The van der Waals surface area contributed by atoms with Gasteiger partial charge in [0.1, 0.15) is 11.9 Å². The van der Waals surface area contributed by atoms with E-state index in [4.69, 9.17) is 4.74 Å². The molecular weight excluding hydrogens is 272 g/mol. The van der Waals surface area contributed by atoms with Crippen molar-refractivity contribution in [1.29, 1.82) is 0 Å². The molecule has 0 bridgehead atoms. The summed E-state index contributed by atoms with van der Waals surface area (Å²) in [6.07, 6.45) is 4.09. The number of aromatic nitrogens is 5. The summed E-state index contributed by atoms with van der Waals surface area (Å²) in [5, 5.41) is 6.79. The van der Waals surface area contributed by atoms with E-state index in [0.29, 0.717) is 11.8 Å². The molecule has 1 atom stereocenters. The minimum absolute atomic E-state index is 0.392. The number of rotatable bonds is 3. The predicted octanol–water partition coefficient (Wildman–Crippen LogP) is 1.64. The molecule has 0 aliphatic heterocycles. The molecule has 2 aromatic heterocycles. The van der Waals surface area contributed by atoms with E-state index in [1.807, 2.05) is 0 Å². The van der Waals surface area contributed by atoms with Crippen LogP contribution in [-0.2, 0) is 4.74 Å². The number of ether oxygens (including phenoxy) is 1. The van der Waals surface area contributed by atoms with E-state index in [1.165, 1.54) is 11.0 Å². The Labute approximate surface area is 122 Å². The van der Waals surface area contributed by atoms with Crippen LogP contribution >= 0.6 is 0 Å². The second-order valence-electron chi connectivity index (χ2n) is 5.45. The molecule has 1 N–H and O–H groups in total. The first kappa shape index (κ1) is 14.9. The number of nitrogens with one attached hydrogen (secondary N) is 1. The lowest BCUT2D eigenvalue weighted by Crippen LogP contribution is -2.35. The molecule has 0 saturated heterocycles. The molecule has 0 aliphatic rings. The van der Waals surface area contributed by atoms with Gasteiger partial charge in [-0.2, -0.15) is 9.78 Å². The maximum absolute atomic E-state index is 11.8. The highest BCUT2D eigenvalue weighted by molar-refractivity contribution is 5.68. The molecule has 0 aliphatic carbocycles. The molecule has 2 aromatic rings. The predicted molar refractivity (Wildman–Crippen MR) is 74.7 cm³/mol. The number of hydrogen-bond donors (Lipinski definition) is 1. The van der Waals surface area contributed by atoms with Gasteiger partial charge in [0.25, 0.3) is 5.95 Å². The Morgan fingerprint density at radius 3 is 2.57 bits per heavy atom. The lowest BCUT2D eigenvalue weighted by atomic mass is 10.2. The minimum atomic E-state index is -0.556. The van der Waals surface area contributed by atoms with E-state index in [9.17, 15) is 4.79 Å². The lowest BCUT2D eigenvalue weighted by Gasteiger charge is -2.21. The number of carbonyl (C=O) groups excluding carboxylic acids is 1. The first-order valence-electron chi connectivity index (χ1n) is 6.53. The van der Waals surface area contributed by atoms with Crippen LogP contribution in [0.15, 0.2) is 24.8 Å². The molecule has 0 fully saturated rings. The fourth-order valence-corrected chi connectivity index (χ4v) is 1.65. The van der Waals surface area contributed by atoms with Crippen molar-refractivity contribution in [3.8, 4) is 5.95 Å². The summed E-state index contributed by atoms with van der Waals surface area (Å²) in [5.74, 6) is 0.912. The van der Waals surface area contributed by atoms with Gasteiger partial charge in [-0.3, -0.25) is 0 Å². The van der Waals surface area contributed by atoms with E-state index in [2.05, 4.69) is 25.4 Å². The Bertz CT molecular complexity index is 605. The van der Waals surface area contributed by atoms with Gasteiger partial charge in [0.2, 0.25) is 0 Å². The lowest BCUT2D eigenvalue weighted by molar-refractivity contribution is 0.0505. The van der Waals surface area contributed by atoms with Crippen molar-refractivity contribution >= 4 is 6.09 Å². The molecule has 0 saturated carbocycles. The first-order chi connectivity index (χ1) is 9.87. The zero-order valence-electron chi connectivity index (χ0n) is 12.4. The smallest absolute Gasteiger partial charge is 0.408 e. The van der Waals surface area contributed by atoms with Gasteiger partial charge in [-0.15, -0.1) is 0 Å². The summed E-state index contributed by atoms with van der Waals surface area (Å²) in [4.78, 5) is 24.2. The third kappa shape index (κ3) is 3.98. The van der Waals surface area contributed by atoms with Crippen molar-refractivity contribution < 1.29 is 9.53 Å². The fourth-order valence-electron chi connectivity index (χ4n) is 1.65. The second-order valence-corrected chi connectivity index (χ2v) is 5.45. The summed E-state index contributed by atoms with van der Waals surface area (Å²) >= 11 is 0. The van der Waals surface area contributed by atoms with Crippen LogP contribution in [-0.4, -0.2) is 36.4 Å². The molecule has 8 nitrogen and oxygen atoms in total.